The predicted octanol–water partition coefficient (Wildman–Crippen LogP) is 2.94. The number of nitrogens with one attached hydrogen (secondary N) is 2. The van der Waals surface area contributed by atoms with E-state index in [1.165, 1.54) is 11.8 Å². The van der Waals surface area contributed by atoms with E-state index in [-0.39, 0.29) is 12.5 Å². The van der Waals surface area contributed by atoms with Gasteiger partial charge in [0, 0.05) is 30.7 Å². The number of aromatic nitrogens is 1. The van der Waals surface area contributed by atoms with Crippen molar-refractivity contribution in [2.45, 2.75) is 13.0 Å². The number of ether oxygens (including phenoxy) is 1. The van der Waals surface area contributed by atoms with Gasteiger partial charge in [0.05, 0.1) is 13.7 Å². The number of nitrogens with zero attached hydrogens (tertiary/aromatic N) is 2. The van der Waals surface area contributed by atoms with Gasteiger partial charge in [-0.2, -0.15) is 0 Å². The third-order valence-corrected chi connectivity index (χ3v) is 4.68. The first-order chi connectivity index (χ1) is 15.5. The van der Waals surface area contributed by atoms with Gasteiger partial charge in [0.2, 0.25) is 11.8 Å². The number of carbonyl (C=O) groups is 3. The zero-order valence-electron chi connectivity index (χ0n) is 17.8. The van der Waals surface area contributed by atoms with Crippen molar-refractivity contribution in [2.24, 2.45) is 0 Å². The van der Waals surface area contributed by atoms with Crippen LogP contribution in [0.25, 0.3) is 0 Å². The number of anilines is 2. The first kappa shape index (κ1) is 22.5. The van der Waals surface area contributed by atoms with E-state index in [2.05, 4.69) is 15.6 Å². The molecule has 1 atom stereocenters. The molecule has 2 N–H and O–H groups in total. The number of rotatable bonds is 8. The smallest absolute Gasteiger partial charge is 0.252 e. The zero-order chi connectivity index (χ0) is 22.9. The van der Waals surface area contributed by atoms with Crippen molar-refractivity contribution < 1.29 is 19.1 Å². The molecule has 3 rings (SSSR count). The van der Waals surface area contributed by atoms with Gasteiger partial charge in [0.1, 0.15) is 11.8 Å². The number of hydrogen-bond acceptors (Lipinski definition) is 5. The number of para-hydroxylation sites is 1. The van der Waals surface area contributed by atoms with Gasteiger partial charge in [-0.3, -0.25) is 24.3 Å². The molecule has 1 heterocycles. The van der Waals surface area contributed by atoms with Crippen LogP contribution in [0.1, 0.15) is 18.5 Å². The van der Waals surface area contributed by atoms with E-state index in [1.807, 2.05) is 6.07 Å². The van der Waals surface area contributed by atoms with E-state index in [0.717, 1.165) is 0 Å². The quantitative estimate of drug-likeness (QED) is 0.570. The molecule has 0 saturated heterocycles. The van der Waals surface area contributed by atoms with E-state index >= 15 is 0 Å². The third kappa shape index (κ3) is 5.69. The number of benzene rings is 2. The Bertz CT molecular complexity index is 1060. The Labute approximate surface area is 186 Å². The first-order valence-corrected chi connectivity index (χ1v) is 9.96. The number of carbonyl (C=O) groups excluding carboxylic acids is 3. The summed E-state index contributed by atoms with van der Waals surface area (Å²) in [7, 11) is 1.54. The molecule has 2 aromatic carbocycles. The van der Waals surface area contributed by atoms with Crippen LogP contribution in [0, 0.1) is 0 Å². The molecule has 0 spiro atoms. The lowest BCUT2D eigenvalue weighted by Gasteiger charge is -2.31. The van der Waals surface area contributed by atoms with Crippen LogP contribution in [0.3, 0.4) is 0 Å². The minimum absolute atomic E-state index is 0.262. The fourth-order valence-electron chi connectivity index (χ4n) is 3.16. The molecule has 32 heavy (non-hydrogen) atoms. The van der Waals surface area contributed by atoms with Crippen molar-refractivity contribution in [1.82, 2.24) is 10.3 Å². The molecule has 0 aliphatic carbocycles. The van der Waals surface area contributed by atoms with Gasteiger partial charge in [-0.15, -0.1) is 0 Å². The predicted molar refractivity (Wildman–Crippen MR) is 121 cm³/mol. The van der Waals surface area contributed by atoms with Crippen molar-refractivity contribution in [1.29, 1.82) is 0 Å². The molecule has 0 radical (unpaired) electrons. The second kappa shape index (κ2) is 10.7. The summed E-state index contributed by atoms with van der Waals surface area (Å²) in [4.78, 5) is 43.5. The molecule has 8 nitrogen and oxygen atoms in total. The minimum atomic E-state index is -1.01. The van der Waals surface area contributed by atoms with Crippen molar-refractivity contribution in [3.05, 3.63) is 84.7 Å². The van der Waals surface area contributed by atoms with Crippen molar-refractivity contribution in [3.8, 4) is 5.75 Å². The van der Waals surface area contributed by atoms with E-state index < -0.39 is 17.9 Å². The van der Waals surface area contributed by atoms with Crippen LogP contribution in [-0.4, -0.2) is 36.4 Å². The average molecular weight is 432 g/mol. The molecule has 0 unspecified atom stereocenters. The van der Waals surface area contributed by atoms with Crippen LogP contribution < -0.4 is 20.3 Å². The Morgan fingerprint density at radius 1 is 0.969 bits per heavy atom. The molecule has 1 aromatic heterocycles. The molecule has 3 amide bonds. The molecule has 0 aliphatic rings. The molecule has 164 valence electrons. The topological polar surface area (TPSA) is 101 Å². The Morgan fingerprint density at radius 2 is 1.62 bits per heavy atom. The number of amides is 3. The summed E-state index contributed by atoms with van der Waals surface area (Å²) in [5.74, 6) is -0.593. The van der Waals surface area contributed by atoms with E-state index in [4.69, 9.17) is 4.74 Å². The minimum Gasteiger partial charge on any atom is -0.497 e. The lowest BCUT2D eigenvalue weighted by atomic mass is 10.0. The summed E-state index contributed by atoms with van der Waals surface area (Å²) in [6.45, 7) is 1.06. The third-order valence-electron chi connectivity index (χ3n) is 4.68. The summed E-state index contributed by atoms with van der Waals surface area (Å²) in [6, 6.07) is 18.1. The molecule has 8 heteroatoms. The fraction of sp³-hybridized carbons (Fsp3) is 0.167. The fourth-order valence-corrected chi connectivity index (χ4v) is 3.16. The van der Waals surface area contributed by atoms with Gasteiger partial charge in [-0.25, -0.2) is 0 Å². The van der Waals surface area contributed by atoms with E-state index in [1.54, 1.807) is 80.2 Å². The Hall–Kier alpha value is -4.20. The van der Waals surface area contributed by atoms with Crippen molar-refractivity contribution in [3.63, 3.8) is 0 Å². The summed E-state index contributed by atoms with van der Waals surface area (Å²) < 4.78 is 5.21. The van der Waals surface area contributed by atoms with Crippen molar-refractivity contribution >= 4 is 29.1 Å². The number of hydrogen-bond donors (Lipinski definition) is 2. The van der Waals surface area contributed by atoms with Crippen LogP contribution >= 0.6 is 0 Å². The highest BCUT2D eigenvalue weighted by Crippen LogP contribution is 2.30. The Morgan fingerprint density at radius 3 is 2.22 bits per heavy atom. The maximum absolute atomic E-state index is 13.5. The second-order valence-corrected chi connectivity index (χ2v) is 6.91. The highest BCUT2D eigenvalue weighted by Gasteiger charge is 2.33. The van der Waals surface area contributed by atoms with Crippen molar-refractivity contribution in [2.75, 3.05) is 23.9 Å². The molecule has 0 fully saturated rings. The molecular formula is C24H24N4O4. The highest BCUT2D eigenvalue weighted by atomic mass is 16.5. The van der Waals surface area contributed by atoms with Gasteiger partial charge in [-0.1, -0.05) is 18.2 Å². The van der Waals surface area contributed by atoms with Gasteiger partial charge in [0.25, 0.3) is 5.91 Å². The van der Waals surface area contributed by atoms with Gasteiger partial charge < -0.3 is 15.4 Å². The van der Waals surface area contributed by atoms with Crippen LogP contribution in [0.2, 0.25) is 0 Å². The lowest BCUT2D eigenvalue weighted by Crippen LogP contribution is -2.46. The SMILES string of the molecule is COc1ccc(N(C(=O)CNC(C)=O)[C@@H](C(=O)Nc2ccccc2)c2ccncc2)cc1. The van der Waals surface area contributed by atoms with Gasteiger partial charge >= 0.3 is 0 Å². The molecular weight excluding hydrogens is 408 g/mol. The number of methoxy groups -OCH3 is 1. The largest absolute Gasteiger partial charge is 0.497 e. The second-order valence-electron chi connectivity index (χ2n) is 6.91. The Balaban J connectivity index is 2.05. The van der Waals surface area contributed by atoms with Crippen LogP contribution in [0.4, 0.5) is 11.4 Å². The van der Waals surface area contributed by atoms with Crippen LogP contribution in [-0.2, 0) is 14.4 Å². The van der Waals surface area contributed by atoms with Gasteiger partial charge in [-0.05, 0) is 54.1 Å². The molecule has 3 aromatic rings. The molecule has 0 bridgehead atoms. The monoisotopic (exact) mass is 432 g/mol. The maximum Gasteiger partial charge on any atom is 0.252 e. The van der Waals surface area contributed by atoms with E-state index in [0.29, 0.717) is 22.7 Å². The van der Waals surface area contributed by atoms with E-state index in [9.17, 15) is 14.4 Å². The zero-order valence-corrected chi connectivity index (χ0v) is 17.8. The average Bonchev–Trinajstić information content (AvgIpc) is 2.82. The summed E-state index contributed by atoms with van der Waals surface area (Å²) in [5, 5.41) is 5.38. The molecule has 0 saturated carbocycles. The van der Waals surface area contributed by atoms with Gasteiger partial charge in [0.15, 0.2) is 0 Å². The highest BCUT2D eigenvalue weighted by molar-refractivity contribution is 6.06. The standard InChI is InChI=1S/C24H24N4O4/c1-17(29)26-16-22(30)28(20-8-10-21(32-2)11-9-20)23(18-12-14-25-15-13-18)24(31)27-19-6-4-3-5-7-19/h3-15,23H,16H2,1-2H3,(H,26,29)(H,27,31)/t23-/m1/s1. The summed E-state index contributed by atoms with van der Waals surface area (Å²) in [6.07, 6.45) is 3.12. The summed E-state index contributed by atoms with van der Waals surface area (Å²) >= 11 is 0. The lowest BCUT2D eigenvalue weighted by molar-refractivity contribution is -0.125. The number of pyridine rings is 1. The van der Waals surface area contributed by atoms with Crippen LogP contribution in [0.5, 0.6) is 5.75 Å². The Kier molecular flexibility index (Phi) is 7.53. The molecule has 0 aliphatic heterocycles. The normalized spacial score (nSPS) is 11.2. The van der Waals surface area contributed by atoms with Crippen LogP contribution in [0.15, 0.2) is 79.1 Å². The first-order valence-electron chi connectivity index (χ1n) is 9.96. The maximum atomic E-state index is 13.5. The summed E-state index contributed by atoms with van der Waals surface area (Å²) in [5.41, 5.74) is 1.65.